The van der Waals surface area contributed by atoms with Gasteiger partial charge in [-0.25, -0.2) is 0 Å². The van der Waals surface area contributed by atoms with Crippen LogP contribution in [0.5, 0.6) is 5.75 Å². The summed E-state index contributed by atoms with van der Waals surface area (Å²) < 4.78 is 10.6. The van der Waals surface area contributed by atoms with Crippen LogP contribution < -0.4 is 10.1 Å². The van der Waals surface area contributed by atoms with Crippen LogP contribution in [0.15, 0.2) is 24.3 Å². The van der Waals surface area contributed by atoms with E-state index in [0.29, 0.717) is 0 Å². The summed E-state index contributed by atoms with van der Waals surface area (Å²) in [6, 6.07) is 7.19. The number of carboxylic acids is 1. The lowest BCUT2D eigenvalue weighted by Crippen LogP contribution is -2.38. The average Bonchev–Trinajstić information content (AvgIpc) is 2.48. The number of nitrogens with one attached hydrogen (secondary N) is 1. The second-order valence-corrected chi connectivity index (χ2v) is 5.66. The van der Waals surface area contributed by atoms with E-state index in [-0.39, 0.29) is 29.6 Å². The molecule has 0 bridgehead atoms. The van der Waals surface area contributed by atoms with Gasteiger partial charge >= 0.3 is 5.97 Å². The summed E-state index contributed by atoms with van der Waals surface area (Å²) in [7, 11) is 3.18. The van der Waals surface area contributed by atoms with Crippen molar-refractivity contribution in [3.8, 4) is 5.75 Å². The first-order valence-corrected chi connectivity index (χ1v) is 7.89. The molecule has 0 fully saturated rings. The predicted octanol–water partition coefficient (Wildman–Crippen LogP) is 1.71. The fourth-order valence-electron chi connectivity index (χ4n) is 2.02. The lowest BCUT2D eigenvalue weighted by Gasteiger charge is -2.24. The van der Waals surface area contributed by atoms with E-state index < -0.39 is 5.97 Å². The summed E-state index contributed by atoms with van der Waals surface area (Å²) in [4.78, 5) is 22.2. The van der Waals surface area contributed by atoms with E-state index in [1.165, 1.54) is 0 Å². The number of carbonyl (C=O) groups excluding carboxylic acids is 1. The minimum Gasteiger partial charge on any atom is -0.497 e. The number of hydrogen-bond acceptors (Lipinski definition) is 5. The van der Waals surface area contributed by atoms with E-state index in [2.05, 4.69) is 5.32 Å². The highest BCUT2D eigenvalue weighted by Crippen LogP contribution is 2.23. The number of benzene rings is 1. The molecule has 2 atom stereocenters. The van der Waals surface area contributed by atoms with Crippen LogP contribution in [-0.2, 0) is 14.3 Å². The third kappa shape index (κ3) is 5.95. The predicted molar refractivity (Wildman–Crippen MR) is 85.3 cm³/mol. The quantitative estimate of drug-likeness (QED) is 0.718. The molecule has 0 aliphatic heterocycles. The lowest BCUT2D eigenvalue weighted by molar-refractivity contribution is -0.133. The number of rotatable bonds is 9. The van der Waals surface area contributed by atoms with Gasteiger partial charge < -0.3 is 19.9 Å². The molecule has 22 heavy (non-hydrogen) atoms. The van der Waals surface area contributed by atoms with Crippen molar-refractivity contribution in [2.75, 3.05) is 25.7 Å². The summed E-state index contributed by atoms with van der Waals surface area (Å²) in [6.45, 7) is 1.85. The Balaban J connectivity index is 2.57. The van der Waals surface area contributed by atoms with Gasteiger partial charge in [-0.3, -0.25) is 9.59 Å². The molecule has 0 spiro atoms. The third-order valence-corrected chi connectivity index (χ3v) is 3.92. The van der Waals surface area contributed by atoms with Crippen LogP contribution in [0.25, 0.3) is 0 Å². The molecular weight excluding hydrogens is 306 g/mol. The zero-order valence-corrected chi connectivity index (χ0v) is 13.7. The molecule has 0 saturated carbocycles. The van der Waals surface area contributed by atoms with Gasteiger partial charge in [0.15, 0.2) is 0 Å². The molecule has 0 aromatic heterocycles. The highest BCUT2D eigenvalue weighted by molar-refractivity contribution is 8.00. The first kappa shape index (κ1) is 18.3. The van der Waals surface area contributed by atoms with Crippen molar-refractivity contribution in [1.82, 2.24) is 5.32 Å². The maximum atomic E-state index is 11.8. The summed E-state index contributed by atoms with van der Waals surface area (Å²) >= 11 is 1.06. The molecule has 1 amide bonds. The van der Waals surface area contributed by atoms with Crippen LogP contribution in [0.1, 0.15) is 18.6 Å². The van der Waals surface area contributed by atoms with Crippen LogP contribution in [0.2, 0.25) is 0 Å². The van der Waals surface area contributed by atoms with Gasteiger partial charge in [0.1, 0.15) is 11.9 Å². The Bertz CT molecular complexity index is 491. The van der Waals surface area contributed by atoms with Crippen LogP contribution in [0, 0.1) is 0 Å². The van der Waals surface area contributed by atoms with Crippen LogP contribution in [0.4, 0.5) is 0 Å². The van der Waals surface area contributed by atoms with Crippen molar-refractivity contribution in [1.29, 1.82) is 0 Å². The maximum absolute atomic E-state index is 11.8. The van der Waals surface area contributed by atoms with Crippen molar-refractivity contribution in [2.24, 2.45) is 0 Å². The Morgan fingerprint density at radius 2 is 1.86 bits per heavy atom. The van der Waals surface area contributed by atoms with Gasteiger partial charge in [0.25, 0.3) is 0 Å². The smallest absolute Gasteiger partial charge is 0.313 e. The number of methoxy groups -OCH3 is 2. The molecule has 0 aliphatic rings. The van der Waals surface area contributed by atoms with Gasteiger partial charge in [-0.15, -0.1) is 11.8 Å². The standard InChI is InChI=1S/C15H21NO5S/c1-10(16-13(17)8-22-9-14(18)19)15(21-3)11-4-6-12(20-2)7-5-11/h4-7,10,15H,8-9H2,1-3H3,(H,16,17)(H,18,19). The minimum absolute atomic E-state index is 0.0893. The molecular formula is C15H21NO5S. The SMILES string of the molecule is COc1ccc(C(OC)C(C)NC(=O)CSCC(=O)O)cc1. The largest absolute Gasteiger partial charge is 0.497 e. The van der Waals surface area contributed by atoms with Gasteiger partial charge in [0.2, 0.25) is 5.91 Å². The fourth-order valence-corrected chi connectivity index (χ4v) is 2.57. The molecule has 122 valence electrons. The van der Waals surface area contributed by atoms with Crippen LogP contribution in [-0.4, -0.2) is 48.8 Å². The molecule has 2 N–H and O–H groups in total. The van der Waals surface area contributed by atoms with Gasteiger partial charge in [0.05, 0.1) is 24.7 Å². The molecule has 0 aliphatic carbocycles. The van der Waals surface area contributed by atoms with Crippen LogP contribution in [0.3, 0.4) is 0 Å². The van der Waals surface area contributed by atoms with Crippen molar-refractivity contribution in [2.45, 2.75) is 19.1 Å². The molecule has 1 rings (SSSR count). The third-order valence-electron chi connectivity index (χ3n) is 3.00. The highest BCUT2D eigenvalue weighted by atomic mass is 32.2. The van der Waals surface area contributed by atoms with Crippen molar-refractivity contribution in [3.05, 3.63) is 29.8 Å². The molecule has 0 heterocycles. The highest BCUT2D eigenvalue weighted by Gasteiger charge is 2.20. The van der Waals surface area contributed by atoms with E-state index in [1.54, 1.807) is 14.2 Å². The second kappa shape index (κ2) is 9.32. The van der Waals surface area contributed by atoms with Crippen molar-refractivity contribution in [3.63, 3.8) is 0 Å². The van der Waals surface area contributed by atoms with Crippen molar-refractivity contribution < 1.29 is 24.2 Å². The molecule has 1 aromatic rings. The monoisotopic (exact) mass is 327 g/mol. The second-order valence-electron chi connectivity index (χ2n) is 4.67. The van der Waals surface area contributed by atoms with Gasteiger partial charge in [0, 0.05) is 7.11 Å². The Labute approximate surface area is 134 Å². The van der Waals surface area contributed by atoms with E-state index in [0.717, 1.165) is 23.1 Å². The fraction of sp³-hybridized carbons (Fsp3) is 0.467. The first-order chi connectivity index (χ1) is 10.5. The zero-order valence-electron chi connectivity index (χ0n) is 12.9. The summed E-state index contributed by atoms with van der Waals surface area (Å²) in [5.41, 5.74) is 0.925. The van der Waals surface area contributed by atoms with E-state index in [9.17, 15) is 9.59 Å². The summed E-state index contributed by atoms with van der Waals surface area (Å²) in [6.07, 6.45) is -0.292. The first-order valence-electron chi connectivity index (χ1n) is 6.73. The van der Waals surface area contributed by atoms with Gasteiger partial charge in [-0.1, -0.05) is 12.1 Å². The molecule has 2 unspecified atom stereocenters. The van der Waals surface area contributed by atoms with E-state index >= 15 is 0 Å². The van der Waals surface area contributed by atoms with Gasteiger partial charge in [-0.05, 0) is 24.6 Å². The Morgan fingerprint density at radius 3 is 2.36 bits per heavy atom. The topological polar surface area (TPSA) is 84.9 Å². The number of carbonyl (C=O) groups is 2. The van der Waals surface area contributed by atoms with E-state index in [4.69, 9.17) is 14.6 Å². The molecule has 6 nitrogen and oxygen atoms in total. The van der Waals surface area contributed by atoms with E-state index in [1.807, 2.05) is 31.2 Å². The average molecular weight is 327 g/mol. The number of ether oxygens (including phenoxy) is 2. The number of aliphatic carboxylic acids is 1. The Kier molecular flexibility index (Phi) is 7.76. The summed E-state index contributed by atoms with van der Waals surface area (Å²) in [5, 5.41) is 11.4. The lowest BCUT2D eigenvalue weighted by atomic mass is 10.0. The number of thioether (sulfide) groups is 1. The number of hydrogen-bond donors (Lipinski definition) is 2. The Hall–Kier alpha value is -1.73. The van der Waals surface area contributed by atoms with Crippen LogP contribution >= 0.6 is 11.8 Å². The molecule has 1 aromatic carbocycles. The number of amides is 1. The summed E-state index contributed by atoms with van der Waals surface area (Å²) in [5.74, 6) is -0.377. The normalized spacial score (nSPS) is 13.2. The molecule has 0 saturated heterocycles. The molecule has 0 radical (unpaired) electrons. The minimum atomic E-state index is -0.932. The van der Waals surface area contributed by atoms with Gasteiger partial charge in [-0.2, -0.15) is 0 Å². The Morgan fingerprint density at radius 1 is 1.23 bits per heavy atom. The maximum Gasteiger partial charge on any atom is 0.313 e. The number of carboxylic acid groups (broad SMARTS) is 1. The zero-order chi connectivity index (χ0) is 16.5. The van der Waals surface area contributed by atoms with Crippen molar-refractivity contribution >= 4 is 23.6 Å². The molecule has 7 heteroatoms.